The molecule has 0 aromatic heterocycles. The number of sulfone groups is 1. The minimum atomic E-state index is -3.87. The number of carbonyl (C=O) groups excluding carboxylic acids is 1. The summed E-state index contributed by atoms with van der Waals surface area (Å²) in [7, 11) is -6.99. The number of carbonyl (C=O) groups is 1. The van der Waals surface area contributed by atoms with Crippen LogP contribution in [0.15, 0.2) is 35.7 Å². The number of sulfonamides is 1. The number of nitrogens with one attached hydrogen (secondary N) is 1. The highest BCUT2D eigenvalue weighted by atomic mass is 32.2. The standard InChI is InChI=1S/C17H24N2O5S2/c1-4-8-19(11-17(20)18-15-7-9-25(21,22)12-15)26(23,24)16-6-5-13(2)14(3)10-16/h4-6,10,15H,1,7-9,11-12H2,2-3H3,(H,18,20)/t15-/m0/s1. The normalized spacial score (nSPS) is 19.4. The average Bonchev–Trinajstić information content (AvgIpc) is 2.88. The van der Waals surface area contributed by atoms with Gasteiger partial charge < -0.3 is 5.32 Å². The zero-order valence-electron chi connectivity index (χ0n) is 14.9. The molecule has 1 aliphatic rings. The maximum absolute atomic E-state index is 12.9. The molecule has 7 nitrogen and oxygen atoms in total. The summed E-state index contributed by atoms with van der Waals surface area (Å²) in [6, 6.07) is 4.33. The molecule has 0 radical (unpaired) electrons. The molecule has 1 aromatic rings. The number of benzene rings is 1. The zero-order chi connectivity index (χ0) is 19.5. The van der Waals surface area contributed by atoms with Crippen LogP contribution in [-0.4, -0.2) is 57.7 Å². The average molecular weight is 401 g/mol. The van der Waals surface area contributed by atoms with E-state index in [-0.39, 0.29) is 22.9 Å². The molecule has 1 amide bonds. The fraction of sp³-hybridized carbons (Fsp3) is 0.471. The molecule has 0 spiro atoms. The summed E-state index contributed by atoms with van der Waals surface area (Å²) in [6.07, 6.45) is 1.76. The molecule has 1 fully saturated rings. The molecule has 9 heteroatoms. The van der Waals surface area contributed by atoms with Gasteiger partial charge in [0, 0.05) is 12.6 Å². The van der Waals surface area contributed by atoms with Crippen molar-refractivity contribution in [1.82, 2.24) is 9.62 Å². The van der Waals surface area contributed by atoms with Gasteiger partial charge in [-0.1, -0.05) is 12.1 Å². The van der Waals surface area contributed by atoms with Gasteiger partial charge in [-0.15, -0.1) is 6.58 Å². The van der Waals surface area contributed by atoms with Gasteiger partial charge in [0.2, 0.25) is 15.9 Å². The first kappa shape index (κ1) is 20.6. The van der Waals surface area contributed by atoms with Crippen LogP contribution >= 0.6 is 0 Å². The molecular weight excluding hydrogens is 376 g/mol. The van der Waals surface area contributed by atoms with Gasteiger partial charge in [-0.25, -0.2) is 16.8 Å². The van der Waals surface area contributed by atoms with Crippen molar-refractivity contribution in [2.75, 3.05) is 24.6 Å². The monoisotopic (exact) mass is 400 g/mol. The van der Waals surface area contributed by atoms with Crippen molar-refractivity contribution in [3.8, 4) is 0 Å². The Morgan fingerprint density at radius 1 is 1.35 bits per heavy atom. The number of aryl methyl sites for hydroxylation is 2. The van der Waals surface area contributed by atoms with E-state index in [2.05, 4.69) is 11.9 Å². The fourth-order valence-electron chi connectivity index (χ4n) is 2.76. The second-order valence-electron chi connectivity index (χ2n) is 6.50. The van der Waals surface area contributed by atoms with Crippen LogP contribution in [0.5, 0.6) is 0 Å². The van der Waals surface area contributed by atoms with Crippen molar-refractivity contribution < 1.29 is 21.6 Å². The van der Waals surface area contributed by atoms with Gasteiger partial charge in [0.25, 0.3) is 0 Å². The van der Waals surface area contributed by atoms with E-state index < -0.39 is 38.4 Å². The first-order valence-electron chi connectivity index (χ1n) is 8.23. The smallest absolute Gasteiger partial charge is 0.243 e. The number of nitrogens with zero attached hydrogens (tertiary/aromatic N) is 1. The highest BCUT2D eigenvalue weighted by Crippen LogP contribution is 2.19. The van der Waals surface area contributed by atoms with Gasteiger partial charge in [-0.05, 0) is 43.5 Å². The molecule has 0 unspecified atom stereocenters. The highest BCUT2D eigenvalue weighted by molar-refractivity contribution is 7.91. The Hall–Kier alpha value is -1.71. The van der Waals surface area contributed by atoms with Crippen LogP contribution in [0.2, 0.25) is 0 Å². The molecule has 26 heavy (non-hydrogen) atoms. The van der Waals surface area contributed by atoms with E-state index in [0.717, 1.165) is 15.4 Å². The van der Waals surface area contributed by atoms with Crippen LogP contribution in [-0.2, 0) is 24.7 Å². The molecule has 2 rings (SSSR count). The fourth-order valence-corrected chi connectivity index (χ4v) is 5.88. The van der Waals surface area contributed by atoms with Gasteiger partial charge in [0.15, 0.2) is 9.84 Å². The minimum absolute atomic E-state index is 0.0222. The Morgan fingerprint density at radius 2 is 2.04 bits per heavy atom. The second kappa shape index (κ2) is 7.89. The summed E-state index contributed by atoms with van der Waals surface area (Å²) in [4.78, 5) is 12.4. The Labute approximate surface area is 155 Å². The molecular formula is C17H24N2O5S2. The number of rotatable bonds is 7. The lowest BCUT2D eigenvalue weighted by molar-refractivity contribution is -0.121. The third-order valence-electron chi connectivity index (χ3n) is 4.37. The molecule has 0 bridgehead atoms. The van der Waals surface area contributed by atoms with Crippen LogP contribution in [0.1, 0.15) is 17.5 Å². The van der Waals surface area contributed by atoms with Gasteiger partial charge in [0.1, 0.15) is 0 Å². The summed E-state index contributed by atoms with van der Waals surface area (Å²) in [5.41, 5.74) is 1.81. The third-order valence-corrected chi connectivity index (χ3v) is 7.94. The predicted molar refractivity (Wildman–Crippen MR) is 100 cm³/mol. The zero-order valence-corrected chi connectivity index (χ0v) is 16.6. The molecule has 1 saturated heterocycles. The third kappa shape index (κ3) is 4.93. The summed E-state index contributed by atoms with van der Waals surface area (Å²) < 4.78 is 49.7. The maximum Gasteiger partial charge on any atom is 0.243 e. The van der Waals surface area contributed by atoms with Crippen LogP contribution in [0.3, 0.4) is 0 Å². The number of hydrogen-bond donors (Lipinski definition) is 1. The Bertz CT molecular complexity index is 907. The van der Waals surface area contributed by atoms with Crippen LogP contribution in [0.4, 0.5) is 0 Å². The predicted octanol–water partition coefficient (Wildman–Crippen LogP) is 0.783. The lowest BCUT2D eigenvalue weighted by Crippen LogP contribution is -2.44. The van der Waals surface area contributed by atoms with Crippen molar-refractivity contribution in [2.24, 2.45) is 0 Å². The second-order valence-corrected chi connectivity index (χ2v) is 10.7. The van der Waals surface area contributed by atoms with Crippen molar-refractivity contribution in [3.63, 3.8) is 0 Å². The summed E-state index contributed by atoms with van der Waals surface area (Å²) in [6.45, 7) is 6.84. The van der Waals surface area contributed by atoms with E-state index in [0.29, 0.717) is 6.42 Å². The molecule has 1 aromatic carbocycles. The van der Waals surface area contributed by atoms with Gasteiger partial charge in [-0.3, -0.25) is 4.79 Å². The first-order chi connectivity index (χ1) is 12.0. The van der Waals surface area contributed by atoms with Gasteiger partial charge in [0.05, 0.1) is 22.9 Å². The topological polar surface area (TPSA) is 101 Å². The lowest BCUT2D eigenvalue weighted by atomic mass is 10.1. The summed E-state index contributed by atoms with van der Waals surface area (Å²) >= 11 is 0. The highest BCUT2D eigenvalue weighted by Gasteiger charge is 2.31. The van der Waals surface area contributed by atoms with Crippen molar-refractivity contribution in [3.05, 3.63) is 42.0 Å². The van der Waals surface area contributed by atoms with E-state index >= 15 is 0 Å². The van der Waals surface area contributed by atoms with E-state index in [1.165, 1.54) is 12.1 Å². The van der Waals surface area contributed by atoms with Gasteiger partial charge in [-0.2, -0.15) is 4.31 Å². The molecule has 144 valence electrons. The Morgan fingerprint density at radius 3 is 2.58 bits per heavy atom. The number of amides is 1. The first-order valence-corrected chi connectivity index (χ1v) is 11.5. The largest absolute Gasteiger partial charge is 0.351 e. The lowest BCUT2D eigenvalue weighted by Gasteiger charge is -2.21. The molecule has 0 aliphatic carbocycles. The molecule has 1 N–H and O–H groups in total. The summed E-state index contributed by atoms with van der Waals surface area (Å²) in [5.74, 6) is -0.597. The molecule has 1 heterocycles. The maximum atomic E-state index is 12.9. The van der Waals surface area contributed by atoms with Gasteiger partial charge >= 0.3 is 0 Å². The van der Waals surface area contributed by atoms with E-state index in [1.54, 1.807) is 12.1 Å². The summed E-state index contributed by atoms with van der Waals surface area (Å²) in [5, 5.41) is 2.61. The van der Waals surface area contributed by atoms with Crippen molar-refractivity contribution in [1.29, 1.82) is 0 Å². The van der Waals surface area contributed by atoms with E-state index in [4.69, 9.17) is 0 Å². The van der Waals surface area contributed by atoms with Crippen LogP contribution < -0.4 is 5.32 Å². The molecule has 0 saturated carbocycles. The number of hydrogen-bond acceptors (Lipinski definition) is 5. The van der Waals surface area contributed by atoms with Crippen molar-refractivity contribution in [2.45, 2.75) is 31.2 Å². The van der Waals surface area contributed by atoms with E-state index in [1.807, 2.05) is 13.8 Å². The van der Waals surface area contributed by atoms with Crippen LogP contribution in [0.25, 0.3) is 0 Å². The molecule has 1 atom stereocenters. The Kier molecular flexibility index (Phi) is 6.25. The quantitative estimate of drug-likeness (QED) is 0.682. The van der Waals surface area contributed by atoms with E-state index in [9.17, 15) is 21.6 Å². The van der Waals surface area contributed by atoms with Crippen molar-refractivity contribution >= 4 is 25.8 Å². The minimum Gasteiger partial charge on any atom is -0.351 e. The Balaban J connectivity index is 2.15. The molecule has 1 aliphatic heterocycles. The SMILES string of the molecule is C=CCN(CC(=O)N[C@H]1CCS(=O)(=O)C1)S(=O)(=O)c1ccc(C)c(C)c1. The van der Waals surface area contributed by atoms with Crippen LogP contribution in [0, 0.1) is 13.8 Å².